The van der Waals surface area contributed by atoms with Crippen LogP contribution in [0.25, 0.3) is 0 Å². The van der Waals surface area contributed by atoms with E-state index in [1.54, 1.807) is 6.92 Å². The molecule has 6 heteroatoms. The van der Waals surface area contributed by atoms with Gasteiger partial charge in [0.25, 0.3) is 0 Å². The Labute approximate surface area is 107 Å². The SMILES string of the molecule is CCOC(=O)CCNc1nnc(CC)c(CC)n1. The lowest BCUT2D eigenvalue weighted by molar-refractivity contribution is -0.142. The Morgan fingerprint density at radius 3 is 2.50 bits per heavy atom. The molecule has 0 bridgehead atoms. The lowest BCUT2D eigenvalue weighted by Crippen LogP contribution is -2.14. The number of anilines is 1. The molecule has 0 aliphatic carbocycles. The third-order valence-electron chi connectivity index (χ3n) is 2.43. The smallest absolute Gasteiger partial charge is 0.307 e. The number of carbonyl (C=O) groups excluding carboxylic acids is 1. The topological polar surface area (TPSA) is 77.0 Å². The first kappa shape index (κ1) is 14.3. The van der Waals surface area contributed by atoms with Crippen LogP contribution < -0.4 is 5.32 Å². The molecule has 0 unspecified atom stereocenters. The quantitative estimate of drug-likeness (QED) is 0.738. The number of aromatic nitrogens is 3. The minimum absolute atomic E-state index is 0.223. The Morgan fingerprint density at radius 1 is 1.17 bits per heavy atom. The average Bonchev–Trinajstić information content (AvgIpc) is 2.38. The molecule has 100 valence electrons. The number of hydrogen-bond acceptors (Lipinski definition) is 6. The molecule has 0 spiro atoms. The predicted octanol–water partition coefficient (Wildman–Crippen LogP) is 1.36. The predicted molar refractivity (Wildman–Crippen MR) is 68.3 cm³/mol. The number of ether oxygens (including phenoxy) is 1. The third-order valence-corrected chi connectivity index (χ3v) is 2.43. The maximum absolute atomic E-state index is 11.1. The molecule has 0 aliphatic heterocycles. The van der Waals surface area contributed by atoms with E-state index in [-0.39, 0.29) is 5.97 Å². The van der Waals surface area contributed by atoms with Crippen molar-refractivity contribution in [3.8, 4) is 0 Å². The first-order chi connectivity index (χ1) is 8.71. The summed E-state index contributed by atoms with van der Waals surface area (Å²) >= 11 is 0. The van der Waals surface area contributed by atoms with Crippen molar-refractivity contribution in [3.05, 3.63) is 11.4 Å². The number of carbonyl (C=O) groups is 1. The van der Waals surface area contributed by atoms with Gasteiger partial charge in [-0.15, -0.1) is 5.10 Å². The number of nitrogens with zero attached hydrogens (tertiary/aromatic N) is 3. The fourth-order valence-electron chi connectivity index (χ4n) is 1.52. The van der Waals surface area contributed by atoms with Crippen LogP contribution in [0.5, 0.6) is 0 Å². The van der Waals surface area contributed by atoms with Crippen LogP contribution in [0, 0.1) is 0 Å². The van der Waals surface area contributed by atoms with E-state index < -0.39 is 0 Å². The third kappa shape index (κ3) is 4.27. The molecule has 0 radical (unpaired) electrons. The summed E-state index contributed by atoms with van der Waals surface area (Å²) in [5.41, 5.74) is 1.87. The first-order valence-electron chi connectivity index (χ1n) is 6.33. The van der Waals surface area contributed by atoms with Gasteiger partial charge in [-0.05, 0) is 19.8 Å². The molecule has 0 amide bonds. The van der Waals surface area contributed by atoms with Crippen molar-refractivity contribution in [2.45, 2.75) is 40.0 Å². The highest BCUT2D eigenvalue weighted by Gasteiger charge is 2.06. The molecule has 1 heterocycles. The van der Waals surface area contributed by atoms with Crippen LogP contribution in [0.2, 0.25) is 0 Å². The Kier molecular flexibility index (Phi) is 6.04. The molecule has 18 heavy (non-hydrogen) atoms. The van der Waals surface area contributed by atoms with E-state index in [0.29, 0.717) is 25.5 Å². The second-order valence-electron chi connectivity index (χ2n) is 3.72. The number of nitrogens with one attached hydrogen (secondary N) is 1. The van der Waals surface area contributed by atoms with Crippen molar-refractivity contribution in [1.82, 2.24) is 15.2 Å². The maximum atomic E-state index is 11.1. The van der Waals surface area contributed by atoms with Gasteiger partial charge in [-0.25, -0.2) is 4.98 Å². The van der Waals surface area contributed by atoms with Crippen LogP contribution in [0.3, 0.4) is 0 Å². The lowest BCUT2D eigenvalue weighted by atomic mass is 10.2. The summed E-state index contributed by atoms with van der Waals surface area (Å²) in [6, 6.07) is 0. The summed E-state index contributed by atoms with van der Waals surface area (Å²) in [4.78, 5) is 15.5. The second-order valence-corrected chi connectivity index (χ2v) is 3.72. The van der Waals surface area contributed by atoms with Gasteiger partial charge in [-0.2, -0.15) is 5.10 Å². The van der Waals surface area contributed by atoms with Gasteiger partial charge in [0, 0.05) is 6.54 Å². The van der Waals surface area contributed by atoms with Gasteiger partial charge in [-0.1, -0.05) is 13.8 Å². The van der Waals surface area contributed by atoms with Crippen LogP contribution in [0.1, 0.15) is 38.6 Å². The van der Waals surface area contributed by atoms with Gasteiger partial charge in [0.05, 0.1) is 24.4 Å². The van der Waals surface area contributed by atoms with E-state index in [4.69, 9.17) is 4.74 Å². The molecule has 0 fully saturated rings. The molecule has 1 aromatic heterocycles. The Hall–Kier alpha value is -1.72. The summed E-state index contributed by atoms with van der Waals surface area (Å²) < 4.78 is 4.83. The fourth-order valence-corrected chi connectivity index (χ4v) is 1.52. The van der Waals surface area contributed by atoms with E-state index in [1.165, 1.54) is 0 Å². The number of esters is 1. The average molecular weight is 252 g/mol. The van der Waals surface area contributed by atoms with Crippen LogP contribution in [-0.4, -0.2) is 34.3 Å². The van der Waals surface area contributed by atoms with Crippen LogP contribution in [-0.2, 0) is 22.4 Å². The zero-order chi connectivity index (χ0) is 13.4. The molecule has 0 aliphatic rings. The molecule has 0 aromatic carbocycles. The zero-order valence-electron chi connectivity index (χ0n) is 11.2. The normalized spacial score (nSPS) is 10.2. The highest BCUT2D eigenvalue weighted by atomic mass is 16.5. The van der Waals surface area contributed by atoms with Crippen molar-refractivity contribution >= 4 is 11.9 Å². The molecule has 6 nitrogen and oxygen atoms in total. The lowest BCUT2D eigenvalue weighted by Gasteiger charge is -2.07. The largest absolute Gasteiger partial charge is 0.466 e. The van der Waals surface area contributed by atoms with E-state index in [0.717, 1.165) is 24.2 Å². The summed E-state index contributed by atoms with van der Waals surface area (Å²) in [5.74, 6) is 0.243. The first-order valence-corrected chi connectivity index (χ1v) is 6.33. The standard InChI is InChI=1S/C12H20N4O2/c1-4-9-10(5-2)15-16-12(14-9)13-8-7-11(17)18-6-3/h4-8H2,1-3H3,(H,13,14,16). The number of rotatable bonds is 7. The highest BCUT2D eigenvalue weighted by molar-refractivity contribution is 5.69. The molecule has 0 saturated heterocycles. The van der Waals surface area contributed by atoms with Crippen LogP contribution in [0.4, 0.5) is 5.95 Å². The molecule has 1 aromatic rings. The molecular formula is C12H20N4O2. The Balaban J connectivity index is 2.50. The summed E-state index contributed by atoms with van der Waals surface area (Å²) in [6.07, 6.45) is 1.95. The van der Waals surface area contributed by atoms with E-state index in [9.17, 15) is 4.79 Å². The second kappa shape index (κ2) is 7.58. The Morgan fingerprint density at radius 2 is 1.89 bits per heavy atom. The summed E-state index contributed by atoms with van der Waals surface area (Å²) in [6.45, 7) is 6.71. The maximum Gasteiger partial charge on any atom is 0.307 e. The highest BCUT2D eigenvalue weighted by Crippen LogP contribution is 2.06. The van der Waals surface area contributed by atoms with Crippen molar-refractivity contribution in [2.24, 2.45) is 0 Å². The van der Waals surface area contributed by atoms with Crippen molar-refractivity contribution in [2.75, 3.05) is 18.5 Å². The minimum atomic E-state index is -0.223. The van der Waals surface area contributed by atoms with E-state index in [1.807, 2.05) is 13.8 Å². The van der Waals surface area contributed by atoms with Gasteiger partial charge >= 0.3 is 5.97 Å². The van der Waals surface area contributed by atoms with Crippen LogP contribution in [0.15, 0.2) is 0 Å². The minimum Gasteiger partial charge on any atom is -0.466 e. The van der Waals surface area contributed by atoms with Crippen molar-refractivity contribution in [1.29, 1.82) is 0 Å². The monoisotopic (exact) mass is 252 g/mol. The summed E-state index contributed by atoms with van der Waals surface area (Å²) in [5, 5.41) is 11.1. The molecule has 1 rings (SSSR count). The zero-order valence-corrected chi connectivity index (χ0v) is 11.2. The van der Waals surface area contributed by atoms with Gasteiger partial charge in [0.15, 0.2) is 0 Å². The molecule has 0 atom stereocenters. The van der Waals surface area contributed by atoms with Gasteiger partial charge in [-0.3, -0.25) is 4.79 Å². The van der Waals surface area contributed by atoms with E-state index >= 15 is 0 Å². The van der Waals surface area contributed by atoms with Crippen LogP contribution >= 0.6 is 0 Å². The molecular weight excluding hydrogens is 232 g/mol. The number of hydrogen-bond donors (Lipinski definition) is 1. The van der Waals surface area contributed by atoms with Gasteiger partial charge in [0.2, 0.25) is 5.95 Å². The van der Waals surface area contributed by atoms with Crippen molar-refractivity contribution < 1.29 is 9.53 Å². The van der Waals surface area contributed by atoms with Gasteiger partial charge in [0.1, 0.15) is 0 Å². The summed E-state index contributed by atoms with van der Waals surface area (Å²) in [7, 11) is 0. The fraction of sp³-hybridized carbons (Fsp3) is 0.667. The molecule has 1 N–H and O–H groups in total. The molecule has 0 saturated carbocycles. The van der Waals surface area contributed by atoms with E-state index in [2.05, 4.69) is 20.5 Å². The van der Waals surface area contributed by atoms with Gasteiger partial charge < -0.3 is 10.1 Å². The number of aryl methyl sites for hydroxylation is 2. The Bertz CT molecular complexity index is 396. The van der Waals surface area contributed by atoms with Crippen molar-refractivity contribution in [3.63, 3.8) is 0 Å².